The van der Waals surface area contributed by atoms with Crippen molar-refractivity contribution in [2.75, 3.05) is 18.5 Å². The molecule has 0 spiro atoms. The molecule has 2 aromatic rings. The first-order valence-electron chi connectivity index (χ1n) is 7.02. The standard InChI is InChI=1S/C13H18N4OS2/c1-2-3-6-14-13-17-16-12(20-13)10-8-15-11(19-10)9-5-4-7-18-9/h8-9H,2-7H2,1H3,(H,14,17). The molecular weight excluding hydrogens is 292 g/mol. The average molecular weight is 310 g/mol. The van der Waals surface area contributed by atoms with Crippen molar-refractivity contribution < 1.29 is 4.74 Å². The molecule has 0 saturated carbocycles. The monoisotopic (exact) mass is 310 g/mol. The van der Waals surface area contributed by atoms with E-state index in [2.05, 4.69) is 27.4 Å². The number of unbranched alkanes of at least 4 members (excludes halogenated alkanes) is 1. The first-order chi connectivity index (χ1) is 9.86. The summed E-state index contributed by atoms with van der Waals surface area (Å²) in [5.74, 6) is 0. The molecule has 1 fully saturated rings. The molecule has 7 heteroatoms. The van der Waals surface area contributed by atoms with Crippen molar-refractivity contribution in [1.82, 2.24) is 15.2 Å². The van der Waals surface area contributed by atoms with Crippen molar-refractivity contribution in [3.8, 4) is 9.88 Å². The maximum atomic E-state index is 5.66. The summed E-state index contributed by atoms with van der Waals surface area (Å²) in [6, 6.07) is 0. The number of thiazole rings is 1. The third-order valence-electron chi connectivity index (χ3n) is 3.17. The van der Waals surface area contributed by atoms with Crippen molar-refractivity contribution >= 4 is 27.8 Å². The third kappa shape index (κ3) is 3.16. The highest BCUT2D eigenvalue weighted by Gasteiger charge is 2.22. The molecule has 0 bridgehead atoms. The summed E-state index contributed by atoms with van der Waals surface area (Å²) in [7, 11) is 0. The van der Waals surface area contributed by atoms with Crippen LogP contribution >= 0.6 is 22.7 Å². The number of nitrogens with zero attached hydrogens (tertiary/aromatic N) is 3. The summed E-state index contributed by atoms with van der Waals surface area (Å²) in [6.07, 6.45) is 6.61. The lowest BCUT2D eigenvalue weighted by molar-refractivity contribution is 0.111. The van der Waals surface area contributed by atoms with Gasteiger partial charge in [-0.2, -0.15) is 0 Å². The fourth-order valence-corrected chi connectivity index (χ4v) is 3.88. The van der Waals surface area contributed by atoms with E-state index in [-0.39, 0.29) is 6.10 Å². The van der Waals surface area contributed by atoms with Crippen LogP contribution in [0.5, 0.6) is 0 Å². The Hall–Kier alpha value is -1.05. The predicted octanol–water partition coefficient (Wildman–Crippen LogP) is 3.73. The minimum Gasteiger partial charge on any atom is -0.371 e. The van der Waals surface area contributed by atoms with Crippen LogP contribution in [-0.4, -0.2) is 28.3 Å². The summed E-state index contributed by atoms with van der Waals surface area (Å²) < 4.78 is 5.66. The van der Waals surface area contributed by atoms with Crippen LogP contribution in [0.1, 0.15) is 43.7 Å². The minimum atomic E-state index is 0.184. The van der Waals surface area contributed by atoms with E-state index in [1.54, 1.807) is 22.7 Å². The first kappa shape index (κ1) is 13.9. The second kappa shape index (κ2) is 6.60. The van der Waals surface area contributed by atoms with Gasteiger partial charge < -0.3 is 10.1 Å². The molecule has 0 amide bonds. The van der Waals surface area contributed by atoms with E-state index in [0.717, 1.165) is 52.4 Å². The fraction of sp³-hybridized carbons (Fsp3) is 0.615. The molecular formula is C13H18N4OS2. The molecule has 1 N–H and O–H groups in total. The maximum Gasteiger partial charge on any atom is 0.206 e. The third-order valence-corrected chi connectivity index (χ3v) is 5.31. The highest BCUT2D eigenvalue weighted by Crippen LogP contribution is 2.36. The highest BCUT2D eigenvalue weighted by atomic mass is 32.1. The van der Waals surface area contributed by atoms with Gasteiger partial charge in [0.25, 0.3) is 0 Å². The van der Waals surface area contributed by atoms with Crippen LogP contribution in [0.3, 0.4) is 0 Å². The molecule has 1 saturated heterocycles. The summed E-state index contributed by atoms with van der Waals surface area (Å²) in [5.41, 5.74) is 0. The molecule has 20 heavy (non-hydrogen) atoms. The van der Waals surface area contributed by atoms with Gasteiger partial charge in [0.2, 0.25) is 5.13 Å². The van der Waals surface area contributed by atoms with Gasteiger partial charge in [-0.25, -0.2) is 4.98 Å². The topological polar surface area (TPSA) is 59.9 Å². The largest absolute Gasteiger partial charge is 0.371 e. The van der Waals surface area contributed by atoms with E-state index in [4.69, 9.17) is 4.74 Å². The predicted molar refractivity (Wildman–Crippen MR) is 82.3 cm³/mol. The Morgan fingerprint density at radius 1 is 1.40 bits per heavy atom. The SMILES string of the molecule is CCCCNc1nnc(-c2cnc(C3CCCO3)s2)s1. The molecule has 108 valence electrons. The molecule has 3 heterocycles. The van der Waals surface area contributed by atoms with Crippen molar-refractivity contribution in [3.05, 3.63) is 11.2 Å². The average Bonchev–Trinajstić information content (AvgIpc) is 3.19. The Balaban J connectivity index is 1.66. The highest BCUT2D eigenvalue weighted by molar-refractivity contribution is 7.23. The van der Waals surface area contributed by atoms with Gasteiger partial charge >= 0.3 is 0 Å². The first-order valence-corrected chi connectivity index (χ1v) is 8.65. The van der Waals surface area contributed by atoms with E-state index in [0.29, 0.717) is 0 Å². The van der Waals surface area contributed by atoms with E-state index in [9.17, 15) is 0 Å². The Labute approximate surface area is 126 Å². The van der Waals surface area contributed by atoms with Crippen molar-refractivity contribution in [3.63, 3.8) is 0 Å². The maximum absolute atomic E-state index is 5.66. The number of anilines is 1. The van der Waals surface area contributed by atoms with E-state index in [1.807, 2.05) is 6.20 Å². The Bertz CT molecular complexity index is 548. The van der Waals surface area contributed by atoms with Gasteiger partial charge in [0.1, 0.15) is 11.1 Å². The van der Waals surface area contributed by atoms with Crippen molar-refractivity contribution in [2.24, 2.45) is 0 Å². The number of nitrogens with one attached hydrogen (secondary N) is 1. The zero-order chi connectivity index (χ0) is 13.8. The van der Waals surface area contributed by atoms with Crippen molar-refractivity contribution in [2.45, 2.75) is 38.7 Å². The molecule has 0 aliphatic carbocycles. The lowest BCUT2D eigenvalue weighted by Crippen LogP contribution is -1.99. The van der Waals surface area contributed by atoms with Crippen LogP contribution in [0.25, 0.3) is 9.88 Å². The van der Waals surface area contributed by atoms with Crippen LogP contribution in [0.4, 0.5) is 5.13 Å². The van der Waals surface area contributed by atoms with E-state index < -0.39 is 0 Å². The Morgan fingerprint density at radius 2 is 2.35 bits per heavy atom. The lowest BCUT2D eigenvalue weighted by Gasteiger charge is -2.02. The molecule has 5 nitrogen and oxygen atoms in total. The van der Waals surface area contributed by atoms with E-state index in [1.165, 1.54) is 6.42 Å². The number of aromatic nitrogens is 3. The van der Waals surface area contributed by atoms with Crippen LogP contribution in [-0.2, 0) is 4.74 Å². The lowest BCUT2D eigenvalue weighted by atomic mass is 10.2. The van der Waals surface area contributed by atoms with Gasteiger partial charge in [0.15, 0.2) is 5.01 Å². The molecule has 1 atom stereocenters. The summed E-state index contributed by atoms with van der Waals surface area (Å²) in [4.78, 5) is 5.55. The summed E-state index contributed by atoms with van der Waals surface area (Å²) >= 11 is 3.26. The fourth-order valence-electron chi connectivity index (χ4n) is 2.07. The molecule has 1 aliphatic heterocycles. The normalized spacial score (nSPS) is 18.6. The zero-order valence-electron chi connectivity index (χ0n) is 11.5. The van der Waals surface area contributed by atoms with Gasteiger partial charge in [0.05, 0.1) is 4.88 Å². The van der Waals surface area contributed by atoms with Gasteiger partial charge in [-0.05, 0) is 19.3 Å². The molecule has 0 radical (unpaired) electrons. The van der Waals surface area contributed by atoms with Crippen LogP contribution in [0, 0.1) is 0 Å². The number of hydrogen-bond acceptors (Lipinski definition) is 7. The quantitative estimate of drug-likeness (QED) is 0.824. The molecule has 0 aromatic carbocycles. The van der Waals surface area contributed by atoms with Gasteiger partial charge in [-0.1, -0.05) is 24.7 Å². The van der Waals surface area contributed by atoms with Crippen LogP contribution in [0.2, 0.25) is 0 Å². The second-order valence-electron chi connectivity index (χ2n) is 4.76. The summed E-state index contributed by atoms with van der Waals surface area (Å²) in [5, 5.41) is 14.6. The number of rotatable bonds is 6. The molecule has 2 aromatic heterocycles. The molecule has 1 unspecified atom stereocenters. The van der Waals surface area contributed by atoms with Gasteiger partial charge in [0, 0.05) is 19.3 Å². The second-order valence-corrected chi connectivity index (χ2v) is 6.80. The summed E-state index contributed by atoms with van der Waals surface area (Å²) in [6.45, 7) is 3.98. The van der Waals surface area contributed by atoms with Crippen LogP contribution in [0.15, 0.2) is 6.20 Å². The number of hydrogen-bond donors (Lipinski definition) is 1. The van der Waals surface area contributed by atoms with Gasteiger partial charge in [-0.3, -0.25) is 0 Å². The smallest absolute Gasteiger partial charge is 0.206 e. The zero-order valence-corrected chi connectivity index (χ0v) is 13.1. The Kier molecular flexibility index (Phi) is 4.59. The van der Waals surface area contributed by atoms with Crippen molar-refractivity contribution in [1.29, 1.82) is 0 Å². The van der Waals surface area contributed by atoms with Crippen LogP contribution < -0.4 is 5.32 Å². The number of ether oxygens (including phenoxy) is 1. The van der Waals surface area contributed by atoms with Gasteiger partial charge in [-0.15, -0.1) is 21.5 Å². The minimum absolute atomic E-state index is 0.184. The van der Waals surface area contributed by atoms with E-state index >= 15 is 0 Å². The Morgan fingerprint density at radius 3 is 3.15 bits per heavy atom. The molecule has 3 rings (SSSR count). The molecule has 1 aliphatic rings.